The molecule has 0 radical (unpaired) electrons. The fourth-order valence-corrected chi connectivity index (χ4v) is 4.48. The molecule has 140 valence electrons. The van der Waals surface area contributed by atoms with Gasteiger partial charge in [0.1, 0.15) is 0 Å². The van der Waals surface area contributed by atoms with Crippen molar-refractivity contribution in [3.63, 3.8) is 0 Å². The number of carbonyl (C=O) groups is 2. The highest BCUT2D eigenvalue weighted by atomic mass is 16.2. The first-order chi connectivity index (χ1) is 12.7. The number of piperidine rings is 1. The normalized spacial score (nSPS) is 27.1. The number of rotatable bonds is 3. The molecule has 3 saturated heterocycles. The molecule has 4 rings (SSSR count). The summed E-state index contributed by atoms with van der Waals surface area (Å²) in [6.07, 6.45) is 3.85. The Hall–Kier alpha value is -1.92. The molecule has 0 aromatic heterocycles. The van der Waals surface area contributed by atoms with Crippen molar-refractivity contribution in [3.8, 4) is 0 Å². The lowest BCUT2D eigenvalue weighted by Gasteiger charge is -2.35. The van der Waals surface area contributed by atoms with Crippen molar-refractivity contribution in [2.75, 3.05) is 32.7 Å². The molecule has 0 aliphatic carbocycles. The van der Waals surface area contributed by atoms with Crippen LogP contribution in [0.3, 0.4) is 0 Å². The standard InChI is InChI=1S/C20H28N4O2/c25-19(23-10-4-5-11-23)16-8-12-24(13-9-16)20(26)17-14-21-22-18(17)15-6-2-1-3-7-15/h1-3,6-7,16-18,21-22H,4-5,8-14H2. The molecule has 2 N–H and O–H groups in total. The fraction of sp³-hybridized carbons (Fsp3) is 0.600. The minimum atomic E-state index is -0.0942. The number of nitrogens with zero attached hydrogens (tertiary/aromatic N) is 2. The van der Waals surface area contributed by atoms with Crippen LogP contribution in [0.25, 0.3) is 0 Å². The van der Waals surface area contributed by atoms with E-state index in [1.807, 2.05) is 28.0 Å². The van der Waals surface area contributed by atoms with E-state index in [9.17, 15) is 9.59 Å². The SMILES string of the molecule is O=C(C1CCN(C(=O)C2CNNC2c2ccccc2)CC1)N1CCCC1. The Morgan fingerprint density at radius 3 is 2.23 bits per heavy atom. The van der Waals surface area contributed by atoms with Gasteiger partial charge in [-0.05, 0) is 31.2 Å². The third-order valence-corrected chi connectivity index (χ3v) is 6.03. The van der Waals surface area contributed by atoms with Gasteiger partial charge in [-0.1, -0.05) is 30.3 Å². The van der Waals surface area contributed by atoms with Crippen molar-refractivity contribution in [2.45, 2.75) is 31.7 Å². The zero-order chi connectivity index (χ0) is 17.9. The van der Waals surface area contributed by atoms with Gasteiger partial charge in [0.15, 0.2) is 0 Å². The van der Waals surface area contributed by atoms with E-state index in [0.29, 0.717) is 25.5 Å². The zero-order valence-corrected chi connectivity index (χ0v) is 15.2. The molecule has 1 aromatic carbocycles. The smallest absolute Gasteiger partial charge is 0.229 e. The summed E-state index contributed by atoms with van der Waals surface area (Å²) in [7, 11) is 0. The molecule has 26 heavy (non-hydrogen) atoms. The zero-order valence-electron chi connectivity index (χ0n) is 15.2. The van der Waals surface area contributed by atoms with Gasteiger partial charge in [0.25, 0.3) is 0 Å². The van der Waals surface area contributed by atoms with Crippen LogP contribution < -0.4 is 10.9 Å². The van der Waals surface area contributed by atoms with Gasteiger partial charge in [-0.25, -0.2) is 5.43 Å². The Kier molecular flexibility index (Phi) is 5.22. The number of likely N-dealkylation sites (tertiary alicyclic amines) is 2. The van der Waals surface area contributed by atoms with E-state index < -0.39 is 0 Å². The molecule has 0 spiro atoms. The average molecular weight is 356 g/mol. The van der Waals surface area contributed by atoms with Crippen LogP contribution in [0.4, 0.5) is 0 Å². The number of hydrazine groups is 1. The van der Waals surface area contributed by atoms with E-state index in [1.165, 1.54) is 0 Å². The average Bonchev–Trinajstić information content (AvgIpc) is 3.39. The molecule has 2 amide bonds. The van der Waals surface area contributed by atoms with Crippen LogP contribution in [-0.2, 0) is 9.59 Å². The highest BCUT2D eigenvalue weighted by Gasteiger charge is 2.38. The summed E-state index contributed by atoms with van der Waals surface area (Å²) >= 11 is 0. The first-order valence-electron chi connectivity index (χ1n) is 9.85. The lowest BCUT2D eigenvalue weighted by Crippen LogP contribution is -2.46. The Bertz CT molecular complexity index is 636. The maximum absolute atomic E-state index is 13.1. The number of hydrogen-bond acceptors (Lipinski definition) is 4. The summed E-state index contributed by atoms with van der Waals surface area (Å²) in [5.74, 6) is 0.509. The molecule has 3 heterocycles. The van der Waals surface area contributed by atoms with Crippen LogP contribution in [-0.4, -0.2) is 54.3 Å². The predicted octanol–water partition coefficient (Wildman–Crippen LogP) is 1.31. The maximum Gasteiger partial charge on any atom is 0.229 e. The summed E-state index contributed by atoms with van der Waals surface area (Å²) in [4.78, 5) is 29.6. The predicted molar refractivity (Wildman–Crippen MR) is 98.9 cm³/mol. The van der Waals surface area contributed by atoms with Crippen molar-refractivity contribution < 1.29 is 9.59 Å². The Labute approximate surface area is 154 Å². The molecular formula is C20H28N4O2. The summed E-state index contributed by atoms with van der Waals surface area (Å²) < 4.78 is 0. The molecule has 1 aromatic rings. The van der Waals surface area contributed by atoms with Crippen LogP contribution in [0.1, 0.15) is 37.3 Å². The largest absolute Gasteiger partial charge is 0.342 e. The molecule has 6 heteroatoms. The Balaban J connectivity index is 1.35. The lowest BCUT2D eigenvalue weighted by molar-refractivity contribution is -0.142. The van der Waals surface area contributed by atoms with Crippen molar-refractivity contribution in [2.24, 2.45) is 11.8 Å². The second kappa shape index (κ2) is 7.76. The van der Waals surface area contributed by atoms with Crippen LogP contribution in [0.2, 0.25) is 0 Å². The highest BCUT2D eigenvalue weighted by molar-refractivity contribution is 5.82. The van der Waals surface area contributed by atoms with Crippen molar-refractivity contribution in [3.05, 3.63) is 35.9 Å². The number of carbonyl (C=O) groups excluding carboxylic acids is 2. The first-order valence-corrected chi connectivity index (χ1v) is 9.85. The topological polar surface area (TPSA) is 64.7 Å². The quantitative estimate of drug-likeness (QED) is 0.857. The molecule has 2 unspecified atom stereocenters. The van der Waals surface area contributed by atoms with E-state index in [2.05, 4.69) is 23.0 Å². The van der Waals surface area contributed by atoms with E-state index in [4.69, 9.17) is 0 Å². The first kappa shape index (κ1) is 17.5. The molecule has 2 atom stereocenters. The second-order valence-corrected chi connectivity index (χ2v) is 7.65. The fourth-order valence-electron chi connectivity index (χ4n) is 4.48. The maximum atomic E-state index is 13.1. The van der Waals surface area contributed by atoms with Crippen LogP contribution in [0.15, 0.2) is 30.3 Å². The number of hydrogen-bond donors (Lipinski definition) is 2. The van der Waals surface area contributed by atoms with Gasteiger partial charge in [-0.2, -0.15) is 0 Å². The van der Waals surface area contributed by atoms with Crippen molar-refractivity contribution in [1.29, 1.82) is 0 Å². The molecular weight excluding hydrogens is 328 g/mol. The summed E-state index contributed by atoms with van der Waals surface area (Å²) in [5, 5.41) is 0. The molecule has 3 fully saturated rings. The van der Waals surface area contributed by atoms with Crippen LogP contribution >= 0.6 is 0 Å². The van der Waals surface area contributed by atoms with E-state index in [0.717, 1.165) is 44.3 Å². The summed E-state index contributed by atoms with van der Waals surface area (Å²) in [5.41, 5.74) is 7.53. The number of benzene rings is 1. The molecule has 6 nitrogen and oxygen atoms in total. The molecule has 3 aliphatic heterocycles. The van der Waals surface area contributed by atoms with Gasteiger partial charge in [-0.15, -0.1) is 0 Å². The second-order valence-electron chi connectivity index (χ2n) is 7.65. The van der Waals surface area contributed by atoms with E-state index in [-0.39, 0.29) is 23.8 Å². The van der Waals surface area contributed by atoms with Gasteiger partial charge in [0, 0.05) is 38.6 Å². The third kappa shape index (κ3) is 3.48. The van der Waals surface area contributed by atoms with Gasteiger partial charge in [-0.3, -0.25) is 15.0 Å². The van der Waals surface area contributed by atoms with Gasteiger partial charge >= 0.3 is 0 Å². The van der Waals surface area contributed by atoms with Crippen molar-refractivity contribution >= 4 is 11.8 Å². The Morgan fingerprint density at radius 1 is 0.885 bits per heavy atom. The van der Waals surface area contributed by atoms with Crippen LogP contribution in [0, 0.1) is 11.8 Å². The number of amides is 2. The van der Waals surface area contributed by atoms with Crippen LogP contribution in [0.5, 0.6) is 0 Å². The minimum Gasteiger partial charge on any atom is -0.342 e. The molecule has 0 saturated carbocycles. The summed E-state index contributed by atoms with van der Waals surface area (Å²) in [6, 6.07) is 10.1. The van der Waals surface area contributed by atoms with E-state index in [1.54, 1.807) is 0 Å². The minimum absolute atomic E-state index is 0.00709. The number of nitrogens with one attached hydrogen (secondary N) is 2. The van der Waals surface area contributed by atoms with Crippen molar-refractivity contribution in [1.82, 2.24) is 20.7 Å². The molecule has 3 aliphatic rings. The lowest BCUT2D eigenvalue weighted by atomic mass is 9.91. The molecule has 0 bridgehead atoms. The monoisotopic (exact) mass is 356 g/mol. The highest BCUT2D eigenvalue weighted by Crippen LogP contribution is 2.29. The third-order valence-electron chi connectivity index (χ3n) is 6.03. The van der Waals surface area contributed by atoms with Gasteiger partial charge in [0.2, 0.25) is 11.8 Å². The Morgan fingerprint density at radius 2 is 1.54 bits per heavy atom. The van der Waals surface area contributed by atoms with E-state index >= 15 is 0 Å². The van der Waals surface area contributed by atoms with Gasteiger partial charge < -0.3 is 9.80 Å². The van der Waals surface area contributed by atoms with Gasteiger partial charge in [0.05, 0.1) is 12.0 Å². The summed E-state index contributed by atoms with van der Waals surface area (Å²) in [6.45, 7) is 3.86.